The number of nitrogens with zero attached hydrogens (tertiary/aromatic N) is 2. The number of aromatic amines is 1. The third-order valence-corrected chi connectivity index (χ3v) is 21.0. The van der Waals surface area contributed by atoms with Crippen molar-refractivity contribution in [2.45, 2.75) is 273 Å². The van der Waals surface area contributed by atoms with E-state index in [0.29, 0.717) is 18.0 Å². The zero-order chi connectivity index (χ0) is 84.2. The summed E-state index contributed by atoms with van der Waals surface area (Å²) >= 11 is 0. The van der Waals surface area contributed by atoms with Crippen LogP contribution in [-0.2, 0) is 14.9 Å². The standard InChI is InChI=1S/C31H46.C20H19N.C14H13N.C14H14O.C10H12O2.C8H10.C7H14O.C5H9N.2CH4/c1-5-7-9-11-13-15-21-31(22-16-14-12-10-8-6-2)29-23-25(3)17-19-27(29)28-20-18-26(4)24-30(28)31;1-16-8-12-19(13-9-16)21(18-6-4-3-5-7-18)20-14-10-17(2)11-15-20;1-9-3-5-11-12-6-4-10(2)8-14(12)15-13(11)7-9;1-11-3-7-13(8-4-11)15-14-9-5-12(2)6-10-14;1-3-12-10(11)9-6-4-8(2)5-7-9;1-7-4-3-5-8(2)6-7;1-3-5-7(8)6-4-2;1-4-5(2)6-3;;/h17-20,23-24H,5-16,21-22H2,1-4H3;3-15H,1-2H3;3-8,15H,1-2H3;3-10H,1-2H3;4-7H,3H2,1-2H3;3-6H,1-2H3;3-6H2,1-2H3;5H,4H2,1-2H3;2*1H4. The smallest absolute Gasteiger partial charge is 0.338 e. The van der Waals surface area contributed by atoms with Crippen molar-refractivity contribution < 1.29 is 19.1 Å². The van der Waals surface area contributed by atoms with E-state index in [4.69, 9.17) is 16.0 Å². The van der Waals surface area contributed by atoms with Gasteiger partial charge in [-0.15, -0.1) is 0 Å². The number of para-hydroxylation sites is 1. The van der Waals surface area contributed by atoms with Crippen LogP contribution in [0.4, 0.5) is 17.1 Å². The van der Waals surface area contributed by atoms with Crippen LogP contribution in [0, 0.1) is 82.7 Å². The van der Waals surface area contributed by atoms with E-state index in [-0.39, 0.29) is 32.3 Å². The highest BCUT2D eigenvalue weighted by Gasteiger charge is 2.42. The normalized spacial score (nSPS) is 11.1. The molecular formula is C111H145N3O4. The van der Waals surface area contributed by atoms with Crippen molar-refractivity contribution in [1.29, 1.82) is 0 Å². The molecule has 12 aromatic rings. The summed E-state index contributed by atoms with van der Waals surface area (Å²) in [7, 11) is 0. The summed E-state index contributed by atoms with van der Waals surface area (Å²) in [6, 6.07) is 87.5. The molecular weight excluding hydrogens is 1440 g/mol. The lowest BCUT2D eigenvalue weighted by Gasteiger charge is -2.33. The number of fused-ring (bicyclic) bond motifs is 6. The number of esters is 1. The van der Waals surface area contributed by atoms with Gasteiger partial charge in [-0.05, 0) is 227 Å². The Morgan fingerprint density at radius 1 is 0.381 bits per heavy atom. The van der Waals surface area contributed by atoms with E-state index >= 15 is 0 Å². The minimum Gasteiger partial charge on any atom is -0.462 e. The van der Waals surface area contributed by atoms with Crippen molar-refractivity contribution in [1.82, 2.24) is 4.98 Å². The number of aryl methyl sites for hydroxylation is 11. The minimum absolute atomic E-state index is 0. The number of H-pyrrole nitrogens is 1. The second kappa shape index (κ2) is 54.4. The van der Waals surface area contributed by atoms with Crippen LogP contribution in [0.25, 0.3) is 37.8 Å². The summed E-state index contributed by atoms with van der Waals surface area (Å²) in [6.07, 6.45) is 23.7. The lowest BCUT2D eigenvalue weighted by Crippen LogP contribution is -2.25. The molecule has 118 heavy (non-hydrogen) atoms. The number of carbonyl (C=O) groups excluding carboxylic acids is 2. The first kappa shape index (κ1) is 99.8. The Balaban J connectivity index is 0.000000298. The van der Waals surface area contributed by atoms with Crippen molar-refractivity contribution in [2.24, 2.45) is 0 Å². The van der Waals surface area contributed by atoms with Crippen LogP contribution in [0.1, 0.15) is 268 Å². The average Bonchev–Trinajstić information content (AvgIpc) is 1.56. The summed E-state index contributed by atoms with van der Waals surface area (Å²) < 4.78 is 10.5. The number of ether oxygens (including phenoxy) is 2. The van der Waals surface area contributed by atoms with Crippen LogP contribution >= 0.6 is 0 Å². The van der Waals surface area contributed by atoms with Crippen LogP contribution in [-0.4, -0.2) is 29.4 Å². The number of nitrogens with one attached hydrogen (secondary N) is 1. The molecule has 13 rings (SSSR count). The zero-order valence-corrected chi connectivity index (χ0v) is 73.9. The molecule has 1 aliphatic rings. The molecule has 1 aliphatic carbocycles. The summed E-state index contributed by atoms with van der Waals surface area (Å²) in [5.74, 6) is 1.92. The van der Waals surface area contributed by atoms with Gasteiger partial charge >= 0.3 is 5.97 Å². The molecule has 0 amide bonds. The number of anilines is 3. The molecule has 1 unspecified atom stereocenters. The maximum atomic E-state index is 11.1. The first-order valence-corrected chi connectivity index (χ1v) is 43.1. The van der Waals surface area contributed by atoms with E-state index < -0.39 is 0 Å². The fraction of sp³-hybridized carbons (Fsp3) is 0.378. The molecule has 0 bridgehead atoms. The van der Waals surface area contributed by atoms with Crippen molar-refractivity contribution in [3.63, 3.8) is 0 Å². The Morgan fingerprint density at radius 3 is 1.08 bits per heavy atom. The van der Waals surface area contributed by atoms with Gasteiger partial charge < -0.3 is 24.2 Å². The number of benzene rings is 11. The maximum Gasteiger partial charge on any atom is 0.338 e. The van der Waals surface area contributed by atoms with Crippen LogP contribution < -0.4 is 9.64 Å². The fourth-order valence-corrected chi connectivity index (χ4v) is 14.2. The number of Topliss-reactive ketones (excluding diaryl/α,β-unsaturated/α-hetero) is 1. The first-order chi connectivity index (χ1) is 56.0. The van der Waals surface area contributed by atoms with Gasteiger partial charge in [0.2, 0.25) is 6.04 Å². The lowest BCUT2D eigenvalue weighted by atomic mass is 9.70. The van der Waals surface area contributed by atoms with E-state index in [1.165, 1.54) is 196 Å². The van der Waals surface area contributed by atoms with E-state index in [1.54, 1.807) is 30.2 Å². The second-order valence-electron chi connectivity index (χ2n) is 31.7. The molecule has 0 radical (unpaired) electrons. The Morgan fingerprint density at radius 2 is 0.729 bits per heavy atom. The highest BCUT2D eigenvalue weighted by Crippen LogP contribution is 2.55. The van der Waals surface area contributed by atoms with Crippen molar-refractivity contribution in [2.75, 3.05) is 11.5 Å². The number of ketones is 1. The molecule has 628 valence electrons. The number of unbranched alkanes of at least 4 members (excludes halogenated alkanes) is 10. The summed E-state index contributed by atoms with van der Waals surface area (Å²) in [4.78, 5) is 30.8. The Kier molecular flexibility index (Phi) is 46.1. The topological polar surface area (TPSA) is 76.0 Å². The number of carbonyl (C=O) groups is 2. The number of aromatic nitrogens is 1. The third-order valence-electron chi connectivity index (χ3n) is 21.0. The summed E-state index contributed by atoms with van der Waals surface area (Å²) in [5, 5.41) is 2.63. The molecule has 1 N–H and O–H groups in total. The van der Waals surface area contributed by atoms with Gasteiger partial charge in [0.15, 0.2) is 0 Å². The zero-order valence-electron chi connectivity index (χ0n) is 73.9. The second-order valence-corrected chi connectivity index (χ2v) is 31.7. The van der Waals surface area contributed by atoms with Crippen molar-refractivity contribution in [3.05, 3.63) is 338 Å². The van der Waals surface area contributed by atoms with E-state index in [1.807, 2.05) is 101 Å². The largest absolute Gasteiger partial charge is 0.462 e. The highest BCUT2D eigenvalue weighted by atomic mass is 16.5. The van der Waals surface area contributed by atoms with Crippen molar-refractivity contribution in [3.8, 4) is 22.6 Å². The van der Waals surface area contributed by atoms with Gasteiger partial charge in [0, 0.05) is 70.5 Å². The molecule has 0 fully saturated rings. The molecule has 1 heterocycles. The number of rotatable bonds is 26. The quantitative estimate of drug-likeness (QED) is 0.0332. The maximum absolute atomic E-state index is 11.1. The molecule has 1 aromatic heterocycles. The molecule has 0 aliphatic heterocycles. The SMILES string of the molecule is C.C.CCCC(=O)CCC.CCCCCCCCC1(CCCCCCCC)c2cc(C)ccc2-c2ccc(C)cc21.CCOC(=O)c1ccc(C)cc1.Cc1ccc(N(c2ccccc2)c2ccc(C)cc2)cc1.Cc1ccc(Oc2ccc(C)cc2)cc1.Cc1ccc2c(c1)[nH]c1cc(C)ccc12.Cc1cccc(C)c1.[C-]#[N+]C(C)CC. The Bertz CT molecular complexity index is 4610. The van der Waals surface area contributed by atoms with Crippen LogP contribution in [0.3, 0.4) is 0 Å². The van der Waals surface area contributed by atoms with Crippen LogP contribution in [0.15, 0.2) is 249 Å². The third kappa shape index (κ3) is 33.8. The van der Waals surface area contributed by atoms with Crippen LogP contribution in [0.2, 0.25) is 0 Å². The van der Waals surface area contributed by atoms with Gasteiger partial charge in [-0.25, -0.2) is 11.4 Å². The molecule has 0 saturated heterocycles. The van der Waals surface area contributed by atoms with Crippen molar-refractivity contribution >= 4 is 50.6 Å². The molecule has 7 heteroatoms. The fourth-order valence-electron chi connectivity index (χ4n) is 14.2. The molecule has 0 spiro atoms. The number of hydrogen-bond acceptors (Lipinski definition) is 5. The Hall–Kier alpha value is -10.6. The van der Waals surface area contributed by atoms with E-state index in [0.717, 1.165) is 49.2 Å². The van der Waals surface area contributed by atoms with Gasteiger partial charge in [-0.3, -0.25) is 4.79 Å². The first-order valence-electron chi connectivity index (χ1n) is 43.1. The molecule has 1 atom stereocenters. The summed E-state index contributed by atoms with van der Waals surface area (Å²) in [5.41, 5.74) is 27.4. The lowest BCUT2D eigenvalue weighted by molar-refractivity contribution is -0.119. The Labute approximate surface area is 715 Å². The van der Waals surface area contributed by atoms with E-state index in [9.17, 15) is 9.59 Å². The predicted octanol–water partition coefficient (Wildman–Crippen LogP) is 33.5. The monoisotopic (exact) mass is 1580 g/mol. The minimum atomic E-state index is -0.252. The van der Waals surface area contributed by atoms with Crippen LogP contribution in [0.5, 0.6) is 11.5 Å². The highest BCUT2D eigenvalue weighted by molar-refractivity contribution is 6.07. The van der Waals surface area contributed by atoms with Gasteiger partial charge in [0.1, 0.15) is 17.3 Å². The van der Waals surface area contributed by atoms with Gasteiger partial charge in [0.25, 0.3) is 0 Å². The van der Waals surface area contributed by atoms with Gasteiger partial charge in [-0.1, -0.05) is 340 Å². The molecule has 11 aromatic carbocycles. The predicted molar refractivity (Wildman–Crippen MR) is 514 cm³/mol. The molecule has 7 nitrogen and oxygen atoms in total. The summed E-state index contributed by atoms with van der Waals surface area (Å²) in [6.45, 7) is 44.6. The van der Waals surface area contributed by atoms with E-state index in [2.05, 4.69) is 268 Å². The van der Waals surface area contributed by atoms with Gasteiger partial charge in [0.05, 0.1) is 12.2 Å². The number of hydrogen-bond donors (Lipinski definition) is 1. The average molecular weight is 1590 g/mol. The molecule has 0 saturated carbocycles. The van der Waals surface area contributed by atoms with Gasteiger partial charge in [-0.2, -0.15) is 0 Å².